The number of esters is 1. The highest BCUT2D eigenvalue weighted by molar-refractivity contribution is 5.77. The Morgan fingerprint density at radius 2 is 1.87 bits per heavy atom. The third-order valence-electron chi connectivity index (χ3n) is 3.51. The minimum atomic E-state index is -0.487. The molecule has 0 N–H and O–H groups in total. The molecule has 15 heavy (non-hydrogen) atoms. The normalized spacial score (nSPS) is 22.9. The van der Waals surface area contributed by atoms with E-state index >= 15 is 0 Å². The van der Waals surface area contributed by atoms with Crippen molar-refractivity contribution in [2.75, 3.05) is 6.61 Å². The van der Waals surface area contributed by atoms with Crippen molar-refractivity contribution in [3.63, 3.8) is 0 Å². The van der Waals surface area contributed by atoms with Gasteiger partial charge in [0, 0.05) is 6.42 Å². The Morgan fingerprint density at radius 1 is 1.27 bits per heavy atom. The van der Waals surface area contributed by atoms with E-state index < -0.39 is 5.41 Å². The number of hydrogen-bond donors (Lipinski definition) is 0. The molecule has 3 heteroatoms. The third-order valence-corrected chi connectivity index (χ3v) is 3.51. The average Bonchev–Trinajstić information content (AvgIpc) is 2.54. The van der Waals surface area contributed by atoms with Crippen LogP contribution >= 0.6 is 0 Å². The molecule has 0 saturated carbocycles. The van der Waals surface area contributed by atoms with Crippen LogP contribution in [0.5, 0.6) is 0 Å². The van der Waals surface area contributed by atoms with E-state index in [9.17, 15) is 4.79 Å². The van der Waals surface area contributed by atoms with Gasteiger partial charge in [-0.1, -0.05) is 20.8 Å². The first-order chi connectivity index (χ1) is 6.75. The van der Waals surface area contributed by atoms with Crippen molar-refractivity contribution in [1.29, 1.82) is 0 Å². The quantitative estimate of drug-likeness (QED) is 0.663. The molecular weight excluding hydrogens is 192 g/mol. The molecule has 0 aliphatic carbocycles. The lowest BCUT2D eigenvalue weighted by atomic mass is 9.69. The Kier molecular flexibility index (Phi) is 3.44. The van der Waals surface area contributed by atoms with E-state index in [-0.39, 0.29) is 17.7 Å². The predicted molar refractivity (Wildman–Crippen MR) is 58.3 cm³/mol. The summed E-state index contributed by atoms with van der Waals surface area (Å²) in [5.41, 5.74) is -0.596. The predicted octanol–water partition coefficient (Wildman–Crippen LogP) is 2.74. The van der Waals surface area contributed by atoms with Crippen molar-refractivity contribution in [3.05, 3.63) is 0 Å². The van der Waals surface area contributed by atoms with E-state index in [1.165, 1.54) is 0 Å². The summed E-state index contributed by atoms with van der Waals surface area (Å²) in [6.07, 6.45) is 1.49. The summed E-state index contributed by atoms with van der Waals surface area (Å²) in [5, 5.41) is 0. The molecule has 1 saturated heterocycles. The fourth-order valence-corrected chi connectivity index (χ4v) is 1.21. The Balaban J connectivity index is 2.59. The SMILES string of the molecule is CC(C)(C)C(C)(C)C(=O)OC1CCCO1. The zero-order valence-electron chi connectivity index (χ0n) is 10.4. The first-order valence-electron chi connectivity index (χ1n) is 5.58. The van der Waals surface area contributed by atoms with Gasteiger partial charge in [0.2, 0.25) is 6.29 Å². The zero-order chi connectivity index (χ0) is 11.7. The molecule has 0 aromatic rings. The molecule has 1 atom stereocenters. The van der Waals surface area contributed by atoms with Crippen LogP contribution in [0.15, 0.2) is 0 Å². The van der Waals surface area contributed by atoms with E-state index in [1.54, 1.807) is 0 Å². The average molecular weight is 214 g/mol. The van der Waals surface area contributed by atoms with Crippen LogP contribution in [0.2, 0.25) is 0 Å². The van der Waals surface area contributed by atoms with E-state index in [0.717, 1.165) is 12.8 Å². The van der Waals surface area contributed by atoms with E-state index in [4.69, 9.17) is 9.47 Å². The first kappa shape index (κ1) is 12.5. The van der Waals surface area contributed by atoms with Crippen LogP contribution in [0.4, 0.5) is 0 Å². The van der Waals surface area contributed by atoms with Gasteiger partial charge >= 0.3 is 5.97 Å². The summed E-state index contributed by atoms with van der Waals surface area (Å²) in [6, 6.07) is 0. The van der Waals surface area contributed by atoms with Crippen LogP contribution < -0.4 is 0 Å². The molecule has 1 heterocycles. The summed E-state index contributed by atoms with van der Waals surface area (Å²) in [6.45, 7) is 10.7. The monoisotopic (exact) mass is 214 g/mol. The maximum absolute atomic E-state index is 12.0. The maximum atomic E-state index is 12.0. The lowest BCUT2D eigenvalue weighted by Gasteiger charge is -2.36. The smallest absolute Gasteiger partial charge is 0.314 e. The minimum Gasteiger partial charge on any atom is -0.435 e. The number of carbonyl (C=O) groups excluding carboxylic acids is 1. The van der Waals surface area contributed by atoms with Crippen molar-refractivity contribution in [2.24, 2.45) is 10.8 Å². The van der Waals surface area contributed by atoms with Crippen LogP contribution in [-0.2, 0) is 14.3 Å². The molecule has 3 nitrogen and oxygen atoms in total. The molecule has 0 aromatic heterocycles. The fraction of sp³-hybridized carbons (Fsp3) is 0.917. The highest BCUT2D eigenvalue weighted by Gasteiger charge is 2.42. The second kappa shape index (κ2) is 4.12. The second-order valence-electron chi connectivity index (χ2n) is 5.72. The standard InChI is InChI=1S/C12H22O3/c1-11(2,3)12(4,5)10(13)15-9-7-6-8-14-9/h9H,6-8H2,1-5H3. The van der Waals surface area contributed by atoms with Crippen LogP contribution in [0.1, 0.15) is 47.5 Å². The number of ether oxygens (including phenoxy) is 2. The Morgan fingerprint density at radius 3 is 2.27 bits per heavy atom. The number of hydrogen-bond acceptors (Lipinski definition) is 3. The second-order valence-corrected chi connectivity index (χ2v) is 5.72. The maximum Gasteiger partial charge on any atom is 0.314 e. The van der Waals surface area contributed by atoms with Crippen LogP contribution in [0, 0.1) is 10.8 Å². The summed E-state index contributed by atoms with van der Waals surface area (Å²) >= 11 is 0. The zero-order valence-corrected chi connectivity index (χ0v) is 10.4. The topological polar surface area (TPSA) is 35.5 Å². The molecule has 0 spiro atoms. The van der Waals surface area contributed by atoms with Gasteiger partial charge in [0.25, 0.3) is 0 Å². The fourth-order valence-electron chi connectivity index (χ4n) is 1.21. The van der Waals surface area contributed by atoms with E-state index in [0.29, 0.717) is 6.61 Å². The van der Waals surface area contributed by atoms with Gasteiger partial charge in [-0.2, -0.15) is 0 Å². The van der Waals surface area contributed by atoms with E-state index in [1.807, 2.05) is 34.6 Å². The third kappa shape index (κ3) is 2.71. The first-order valence-corrected chi connectivity index (χ1v) is 5.58. The molecule has 88 valence electrons. The largest absolute Gasteiger partial charge is 0.435 e. The van der Waals surface area contributed by atoms with Crippen LogP contribution in [0.25, 0.3) is 0 Å². The Hall–Kier alpha value is -0.570. The Bertz CT molecular complexity index is 232. The van der Waals surface area contributed by atoms with Gasteiger partial charge < -0.3 is 9.47 Å². The molecule has 0 aromatic carbocycles. The van der Waals surface area contributed by atoms with Gasteiger partial charge in [0.05, 0.1) is 12.0 Å². The summed E-state index contributed by atoms with van der Waals surface area (Å²) in [5.74, 6) is -0.165. The molecule has 1 unspecified atom stereocenters. The van der Waals surface area contributed by atoms with Gasteiger partial charge in [0.1, 0.15) is 0 Å². The minimum absolute atomic E-state index is 0.108. The molecule has 1 aliphatic rings. The van der Waals surface area contributed by atoms with Crippen molar-refractivity contribution >= 4 is 5.97 Å². The lowest BCUT2D eigenvalue weighted by Crippen LogP contribution is -2.40. The molecular formula is C12H22O3. The van der Waals surface area contributed by atoms with Crippen LogP contribution in [0.3, 0.4) is 0 Å². The van der Waals surface area contributed by atoms with Gasteiger partial charge in [-0.05, 0) is 25.7 Å². The highest BCUT2D eigenvalue weighted by Crippen LogP contribution is 2.39. The van der Waals surface area contributed by atoms with Crippen LogP contribution in [-0.4, -0.2) is 18.9 Å². The molecule has 1 fully saturated rings. The van der Waals surface area contributed by atoms with Crippen molar-refractivity contribution in [1.82, 2.24) is 0 Å². The van der Waals surface area contributed by atoms with E-state index in [2.05, 4.69) is 0 Å². The van der Waals surface area contributed by atoms with Gasteiger partial charge in [-0.3, -0.25) is 4.79 Å². The number of rotatable bonds is 2. The van der Waals surface area contributed by atoms with Gasteiger partial charge in [-0.15, -0.1) is 0 Å². The molecule has 0 amide bonds. The summed E-state index contributed by atoms with van der Waals surface area (Å²) in [7, 11) is 0. The molecule has 0 radical (unpaired) electrons. The summed E-state index contributed by atoms with van der Waals surface area (Å²) in [4.78, 5) is 12.0. The highest BCUT2D eigenvalue weighted by atomic mass is 16.7. The number of carbonyl (C=O) groups is 1. The molecule has 1 rings (SSSR count). The van der Waals surface area contributed by atoms with Gasteiger partial charge in [-0.25, -0.2) is 0 Å². The van der Waals surface area contributed by atoms with Crippen molar-refractivity contribution in [3.8, 4) is 0 Å². The summed E-state index contributed by atoms with van der Waals surface area (Å²) < 4.78 is 10.6. The van der Waals surface area contributed by atoms with Gasteiger partial charge in [0.15, 0.2) is 0 Å². The van der Waals surface area contributed by atoms with Crippen molar-refractivity contribution in [2.45, 2.75) is 53.8 Å². The molecule has 0 bridgehead atoms. The molecule has 1 aliphatic heterocycles. The lowest BCUT2D eigenvalue weighted by molar-refractivity contribution is -0.186. The van der Waals surface area contributed by atoms with Crippen molar-refractivity contribution < 1.29 is 14.3 Å². The Labute approximate surface area is 92.1 Å².